The van der Waals surface area contributed by atoms with Crippen LogP contribution in [0.1, 0.15) is 56.9 Å². The number of benzene rings is 1. The number of hydrogen-bond acceptors (Lipinski definition) is 2. The molecule has 154 valence electrons. The molecule has 0 radical (unpaired) electrons. The molecular formula is C25H37FN2. The first-order valence-corrected chi connectivity index (χ1v) is 10.1. The van der Waals surface area contributed by atoms with Crippen LogP contribution in [0.15, 0.2) is 36.9 Å². The van der Waals surface area contributed by atoms with E-state index in [1.165, 1.54) is 19.3 Å². The number of aromatic nitrogens is 1. The number of anilines is 1. The molecule has 1 aromatic carbocycles. The van der Waals surface area contributed by atoms with E-state index in [-0.39, 0.29) is 5.82 Å². The van der Waals surface area contributed by atoms with Gasteiger partial charge in [-0.3, -0.25) is 4.98 Å². The van der Waals surface area contributed by atoms with Crippen LogP contribution in [0.2, 0.25) is 0 Å². The summed E-state index contributed by atoms with van der Waals surface area (Å²) in [5, 5.41) is 0. The number of hydrogen-bond donors (Lipinski definition) is 0. The minimum absolute atomic E-state index is 0.208. The Kier molecular flexibility index (Phi) is 8.87. The molecule has 0 atom stereocenters. The second kappa shape index (κ2) is 10.4. The van der Waals surface area contributed by atoms with E-state index >= 15 is 0 Å². The largest absolute Gasteiger partial charge is 0.375 e. The summed E-state index contributed by atoms with van der Waals surface area (Å²) in [6, 6.07) is 7.58. The van der Waals surface area contributed by atoms with Crippen molar-refractivity contribution in [3.63, 3.8) is 0 Å². The standard InChI is InChI=1S/C16H19FN2.C6H12.C3H6/c1-10-7-9-14(18-12(10)3)13-8-6-11(2)16(15(13)17)19(4)5;1-3-6(2)4-5-6;1-3-2/h6-9H,1-5H3;3-5H2,1-2H3;3H,1H2,2H3. The molecule has 28 heavy (non-hydrogen) atoms. The molecule has 0 N–H and O–H groups in total. The fraction of sp³-hybridized carbons (Fsp3) is 0.480. The number of nitrogens with zero attached hydrogens (tertiary/aromatic N) is 2. The summed E-state index contributed by atoms with van der Waals surface area (Å²) >= 11 is 0. The average molecular weight is 385 g/mol. The maximum atomic E-state index is 14.6. The summed E-state index contributed by atoms with van der Waals surface area (Å²) in [6.45, 7) is 15.7. The fourth-order valence-corrected chi connectivity index (χ4v) is 2.76. The summed E-state index contributed by atoms with van der Waals surface area (Å²) in [5.74, 6) is -0.208. The minimum Gasteiger partial charge on any atom is -0.375 e. The molecule has 1 heterocycles. The number of rotatable bonds is 3. The monoisotopic (exact) mass is 384 g/mol. The Morgan fingerprint density at radius 1 is 1.11 bits per heavy atom. The zero-order chi connectivity index (χ0) is 21.5. The Morgan fingerprint density at radius 3 is 2.04 bits per heavy atom. The lowest BCUT2D eigenvalue weighted by Gasteiger charge is -2.18. The van der Waals surface area contributed by atoms with Crippen LogP contribution in [-0.4, -0.2) is 19.1 Å². The molecular weight excluding hydrogens is 347 g/mol. The van der Waals surface area contributed by atoms with Gasteiger partial charge in [-0.1, -0.05) is 38.5 Å². The molecule has 0 aliphatic heterocycles. The molecule has 1 aromatic heterocycles. The van der Waals surface area contributed by atoms with E-state index in [2.05, 4.69) is 25.4 Å². The van der Waals surface area contributed by atoms with Crippen LogP contribution in [0.4, 0.5) is 10.1 Å². The van der Waals surface area contributed by atoms with Crippen molar-refractivity contribution in [1.29, 1.82) is 0 Å². The lowest BCUT2D eigenvalue weighted by atomic mass is 10.0. The van der Waals surface area contributed by atoms with Crippen molar-refractivity contribution in [1.82, 2.24) is 4.98 Å². The fourth-order valence-electron chi connectivity index (χ4n) is 2.76. The first-order valence-electron chi connectivity index (χ1n) is 10.1. The first-order chi connectivity index (χ1) is 13.1. The normalized spacial score (nSPS) is 13.5. The highest BCUT2D eigenvalue weighted by atomic mass is 19.1. The third-order valence-corrected chi connectivity index (χ3v) is 5.35. The van der Waals surface area contributed by atoms with Gasteiger partial charge in [0.05, 0.1) is 11.4 Å². The Morgan fingerprint density at radius 2 is 1.64 bits per heavy atom. The van der Waals surface area contributed by atoms with Gasteiger partial charge in [0.25, 0.3) is 0 Å². The molecule has 0 amide bonds. The van der Waals surface area contributed by atoms with Crippen molar-refractivity contribution in [3.8, 4) is 11.3 Å². The van der Waals surface area contributed by atoms with E-state index in [9.17, 15) is 4.39 Å². The summed E-state index contributed by atoms with van der Waals surface area (Å²) in [6.07, 6.45) is 6.08. The zero-order valence-electron chi connectivity index (χ0n) is 19.0. The molecule has 1 fully saturated rings. The summed E-state index contributed by atoms with van der Waals surface area (Å²) < 4.78 is 14.6. The Hall–Kier alpha value is -2.16. The summed E-state index contributed by atoms with van der Waals surface area (Å²) in [5.41, 5.74) is 5.63. The molecule has 1 saturated carbocycles. The third kappa shape index (κ3) is 6.47. The van der Waals surface area contributed by atoms with E-state index < -0.39 is 0 Å². The number of pyridine rings is 1. The smallest absolute Gasteiger partial charge is 0.156 e. The topological polar surface area (TPSA) is 16.1 Å². The molecule has 3 heteroatoms. The van der Waals surface area contributed by atoms with Crippen molar-refractivity contribution in [3.05, 3.63) is 59.6 Å². The Balaban J connectivity index is 0.000000360. The van der Waals surface area contributed by atoms with E-state index in [4.69, 9.17) is 0 Å². The molecule has 1 aliphatic rings. The number of aryl methyl sites for hydroxylation is 3. The minimum atomic E-state index is -0.208. The third-order valence-electron chi connectivity index (χ3n) is 5.35. The highest BCUT2D eigenvalue weighted by Crippen LogP contribution is 2.47. The Bertz CT molecular complexity index is 789. The van der Waals surface area contributed by atoms with Gasteiger partial charge < -0.3 is 4.90 Å². The van der Waals surface area contributed by atoms with Crippen molar-refractivity contribution < 1.29 is 4.39 Å². The van der Waals surface area contributed by atoms with Crippen molar-refractivity contribution in [2.45, 2.75) is 60.8 Å². The molecule has 0 unspecified atom stereocenters. The molecule has 3 rings (SSSR count). The maximum Gasteiger partial charge on any atom is 0.156 e. The van der Waals surface area contributed by atoms with E-state index in [0.717, 1.165) is 22.2 Å². The lowest BCUT2D eigenvalue weighted by molar-refractivity contribution is 0.551. The van der Waals surface area contributed by atoms with Gasteiger partial charge in [-0.25, -0.2) is 4.39 Å². The summed E-state index contributed by atoms with van der Waals surface area (Å²) in [7, 11) is 3.70. The summed E-state index contributed by atoms with van der Waals surface area (Å²) in [4.78, 5) is 6.28. The van der Waals surface area contributed by atoms with Crippen LogP contribution >= 0.6 is 0 Å². The second-order valence-electron chi connectivity index (χ2n) is 8.16. The van der Waals surface area contributed by atoms with Gasteiger partial charge in [0.2, 0.25) is 0 Å². The molecule has 2 aromatic rings. The van der Waals surface area contributed by atoms with Crippen LogP contribution in [0, 0.1) is 32.0 Å². The van der Waals surface area contributed by atoms with Gasteiger partial charge in [0.15, 0.2) is 5.82 Å². The Labute approximate surface area is 171 Å². The van der Waals surface area contributed by atoms with Crippen LogP contribution < -0.4 is 4.90 Å². The predicted octanol–water partition coefficient (Wildman–Crippen LogP) is 7.27. The van der Waals surface area contributed by atoms with E-state index in [1.807, 2.05) is 60.0 Å². The van der Waals surface area contributed by atoms with Crippen LogP contribution in [-0.2, 0) is 0 Å². The van der Waals surface area contributed by atoms with E-state index in [0.29, 0.717) is 16.9 Å². The van der Waals surface area contributed by atoms with Crippen LogP contribution in [0.25, 0.3) is 11.3 Å². The molecule has 0 saturated heterocycles. The first kappa shape index (κ1) is 23.9. The van der Waals surface area contributed by atoms with Crippen molar-refractivity contribution in [2.75, 3.05) is 19.0 Å². The molecule has 0 spiro atoms. The second-order valence-corrected chi connectivity index (χ2v) is 8.16. The number of allylic oxidation sites excluding steroid dienone is 1. The van der Waals surface area contributed by atoms with Crippen molar-refractivity contribution in [2.24, 2.45) is 5.41 Å². The van der Waals surface area contributed by atoms with Gasteiger partial charge in [0.1, 0.15) is 0 Å². The average Bonchev–Trinajstić information content (AvgIpc) is 3.37. The van der Waals surface area contributed by atoms with Gasteiger partial charge in [-0.15, -0.1) is 6.58 Å². The van der Waals surface area contributed by atoms with Gasteiger partial charge in [-0.2, -0.15) is 0 Å². The van der Waals surface area contributed by atoms with E-state index in [1.54, 1.807) is 17.0 Å². The SMILES string of the molecule is C=CC.CCC1(C)CC1.Cc1ccc(-c2ccc(C)c(N(C)C)c2F)nc1C. The zero-order valence-corrected chi connectivity index (χ0v) is 19.0. The van der Waals surface area contributed by atoms with Crippen LogP contribution in [0.5, 0.6) is 0 Å². The highest BCUT2D eigenvalue weighted by Gasteiger charge is 2.34. The van der Waals surface area contributed by atoms with Crippen LogP contribution in [0.3, 0.4) is 0 Å². The lowest BCUT2D eigenvalue weighted by Crippen LogP contribution is -2.13. The van der Waals surface area contributed by atoms with Crippen molar-refractivity contribution >= 4 is 5.69 Å². The maximum absolute atomic E-state index is 14.6. The van der Waals surface area contributed by atoms with Gasteiger partial charge in [-0.05, 0) is 69.2 Å². The highest BCUT2D eigenvalue weighted by molar-refractivity contribution is 5.69. The van der Waals surface area contributed by atoms with Gasteiger partial charge in [0, 0.05) is 25.4 Å². The van der Waals surface area contributed by atoms with Gasteiger partial charge >= 0.3 is 0 Å². The molecule has 0 bridgehead atoms. The quantitative estimate of drug-likeness (QED) is 0.517. The molecule has 1 aliphatic carbocycles. The predicted molar refractivity (Wildman–Crippen MR) is 122 cm³/mol. The number of halogens is 1. The molecule has 2 nitrogen and oxygen atoms in total.